The predicted molar refractivity (Wildman–Crippen MR) is 304 cm³/mol. The van der Waals surface area contributed by atoms with Crippen LogP contribution in [0.15, 0.2) is 156 Å². The minimum absolute atomic E-state index is 0.0830. The number of aromatic amines is 2. The molecule has 8 rings (SSSR count). The number of aromatic nitrogens is 8. The van der Waals surface area contributed by atoms with Gasteiger partial charge in [0.25, 0.3) is 5.91 Å². The summed E-state index contributed by atoms with van der Waals surface area (Å²) in [7, 11) is 2.60. The lowest BCUT2D eigenvalue weighted by atomic mass is 10.2. The molecule has 0 fully saturated rings. The average Bonchev–Trinajstić information content (AvgIpc) is 3.60. The highest BCUT2D eigenvalue weighted by Gasteiger charge is 2.13. The number of nitrogens with zero attached hydrogens (tertiary/aromatic N) is 10. The number of carboxylic acid groups (broad SMARTS) is 2. The van der Waals surface area contributed by atoms with Gasteiger partial charge < -0.3 is 49.2 Å². The van der Waals surface area contributed by atoms with Gasteiger partial charge in [0, 0.05) is 110 Å². The van der Waals surface area contributed by atoms with Gasteiger partial charge in [-0.15, -0.1) is 0 Å². The highest BCUT2D eigenvalue weighted by atomic mass is 16.5. The van der Waals surface area contributed by atoms with Gasteiger partial charge >= 0.3 is 23.9 Å². The normalized spacial score (nSPS) is 9.60. The Morgan fingerprint density at radius 3 is 1.44 bits per heavy atom. The third-order valence-electron chi connectivity index (χ3n) is 10.6. The number of carbonyl (C=O) groups is 5. The summed E-state index contributed by atoms with van der Waals surface area (Å²) in [5.41, 5.74) is 3.89. The number of pyridine rings is 6. The Hall–Kier alpha value is -12.4. The molecule has 8 aromatic rings. The van der Waals surface area contributed by atoms with Crippen molar-refractivity contribution in [2.45, 2.75) is 38.5 Å². The number of nitrogens with one attached hydrogen (secondary N) is 3. The van der Waals surface area contributed by atoms with Gasteiger partial charge in [-0.25, -0.2) is 38.8 Å². The van der Waals surface area contributed by atoms with Gasteiger partial charge in [0.15, 0.2) is 0 Å². The summed E-state index contributed by atoms with van der Waals surface area (Å²) < 4.78 is 26.4. The fraction of sp³-hybridized carbons (Fsp3) is 0.186. The van der Waals surface area contributed by atoms with Crippen LogP contribution in [0.3, 0.4) is 0 Å². The largest absolute Gasteiger partial charge is 0.478 e. The maximum absolute atomic E-state index is 12.5. The number of nitriles is 4. The van der Waals surface area contributed by atoms with E-state index >= 15 is 0 Å². The molecule has 86 heavy (non-hydrogen) atoms. The van der Waals surface area contributed by atoms with E-state index in [1.807, 2.05) is 24.3 Å². The topological polar surface area (TPSA) is 414 Å². The third-order valence-corrected chi connectivity index (χ3v) is 10.6. The molecular weight excluding hydrogens is 1110 g/mol. The molecule has 0 spiro atoms. The van der Waals surface area contributed by atoms with Crippen LogP contribution in [0.25, 0.3) is 16.9 Å². The molecule has 7 aromatic heterocycles. The van der Waals surface area contributed by atoms with Crippen LogP contribution in [0.5, 0.6) is 17.6 Å². The quantitative estimate of drug-likeness (QED) is 0.0367. The molecular formula is C59H53N13O14. The van der Waals surface area contributed by atoms with E-state index in [0.717, 1.165) is 11.8 Å². The minimum atomic E-state index is -1.05. The van der Waals surface area contributed by atoms with Crippen molar-refractivity contribution in [3.63, 3.8) is 0 Å². The smallest absolute Gasteiger partial charge is 0.339 e. The fourth-order valence-electron chi connectivity index (χ4n) is 6.28. The van der Waals surface area contributed by atoms with Gasteiger partial charge in [-0.1, -0.05) is 0 Å². The summed E-state index contributed by atoms with van der Waals surface area (Å²) in [6, 6.07) is 35.1. The van der Waals surface area contributed by atoms with Crippen molar-refractivity contribution in [2.24, 2.45) is 0 Å². The Morgan fingerprint density at radius 2 is 1.03 bits per heavy atom. The van der Waals surface area contributed by atoms with Gasteiger partial charge in [0.05, 0.1) is 91.4 Å². The molecule has 27 heteroatoms. The summed E-state index contributed by atoms with van der Waals surface area (Å²) in [6.07, 6.45) is 13.1. The zero-order valence-electron chi connectivity index (χ0n) is 46.0. The molecule has 1 amide bonds. The number of H-pyrrole nitrogens is 2. The third kappa shape index (κ3) is 23.4. The van der Waals surface area contributed by atoms with E-state index < -0.39 is 23.9 Å². The Balaban J connectivity index is 0.000000254. The number of unbranched alkanes of at least 4 members (excludes halogenated alkanes) is 3. The maximum Gasteiger partial charge on any atom is 0.339 e. The highest BCUT2D eigenvalue weighted by Crippen LogP contribution is 2.22. The number of aromatic carboxylic acids is 2. The maximum atomic E-state index is 12.5. The Morgan fingerprint density at radius 1 is 0.570 bits per heavy atom. The highest BCUT2D eigenvalue weighted by molar-refractivity contribution is 6.04. The van der Waals surface area contributed by atoms with Crippen LogP contribution >= 0.6 is 0 Å². The molecule has 0 radical (unpaired) electrons. The van der Waals surface area contributed by atoms with Gasteiger partial charge in [0.2, 0.25) is 28.8 Å². The van der Waals surface area contributed by atoms with Crippen molar-refractivity contribution >= 4 is 35.5 Å². The molecule has 27 nitrogen and oxygen atoms in total. The average molecular weight is 1170 g/mol. The summed E-state index contributed by atoms with van der Waals surface area (Å²) in [5.74, 6) is -2.05. The lowest BCUT2D eigenvalue weighted by Crippen LogP contribution is -2.12. The molecule has 0 bridgehead atoms. The standard InChI is InChI=1S/C25H19N7O2.C11H12N2O3.C10H10N2O3.C7H7NO3.C6H5NO3/c26-11-1-2-13-34-24-10-5-19(17-29-24)25(33)30-20-6-8-21(9-7-20)32-22(15-27)14-23(31-32)18-4-3-12-28-16-18;1-15-11(14)9-4-5-10(13-8-9)16-7-3-2-6-12;11-5-1-2-6-15-9-4-3-8(7-12-9)10(13)14;1-11-7(10)5-2-3-6(9)8-4-5;8-5-2-1-4(3-7-5)6(9)10/h3-10,12,14,16-17H,1-2,13H2,(H,30,33);4-5,8H,2-3,7H2,1H3;3-4,7H,1-2,6H2,(H,13,14);2-4H,1H3,(H,8,9);1-3H,(H,7,8)(H,9,10). The SMILES string of the molecule is COC(=O)c1ccc(=O)[nH]c1.COC(=O)c1ccc(OCCCC#N)nc1.N#CCCCOc1ccc(C(=O)Nc2ccc(-n3nc(-c4cccnc4)cc3C#N)cc2)cn1.N#CCCCOc1ccc(C(=O)O)cn1.O=C(O)c1ccc(=O)[nH]c1. The van der Waals surface area contributed by atoms with Crippen LogP contribution in [0.4, 0.5) is 5.69 Å². The zero-order chi connectivity index (χ0) is 62.5. The second kappa shape index (κ2) is 36.8. The second-order valence-electron chi connectivity index (χ2n) is 16.6. The number of ether oxygens (including phenoxy) is 5. The molecule has 0 aliphatic heterocycles. The van der Waals surface area contributed by atoms with Gasteiger partial charge in [-0.2, -0.15) is 26.1 Å². The van der Waals surface area contributed by atoms with E-state index in [2.05, 4.69) is 61.9 Å². The fourth-order valence-corrected chi connectivity index (χ4v) is 6.28. The number of benzene rings is 1. The van der Waals surface area contributed by atoms with Crippen molar-refractivity contribution in [1.82, 2.24) is 39.7 Å². The number of esters is 2. The number of carbonyl (C=O) groups excluding carboxylic acids is 3. The lowest BCUT2D eigenvalue weighted by Gasteiger charge is -2.08. The van der Waals surface area contributed by atoms with Crippen LogP contribution in [0.2, 0.25) is 0 Å². The van der Waals surface area contributed by atoms with Crippen molar-refractivity contribution in [3.05, 3.63) is 201 Å². The Bertz CT molecular complexity index is 3730. The van der Waals surface area contributed by atoms with Crippen molar-refractivity contribution in [2.75, 3.05) is 39.4 Å². The van der Waals surface area contributed by atoms with Crippen molar-refractivity contribution in [3.8, 4) is 58.9 Å². The Kier molecular flexibility index (Phi) is 28.3. The van der Waals surface area contributed by atoms with E-state index in [1.165, 1.54) is 75.4 Å². The molecule has 438 valence electrons. The first-order valence-electron chi connectivity index (χ1n) is 25.3. The van der Waals surface area contributed by atoms with Crippen LogP contribution in [-0.4, -0.2) is 114 Å². The van der Waals surface area contributed by atoms with E-state index in [9.17, 15) is 38.8 Å². The number of carboxylic acids is 2. The monoisotopic (exact) mass is 1170 g/mol. The lowest BCUT2D eigenvalue weighted by molar-refractivity contribution is 0.0591. The van der Waals surface area contributed by atoms with Gasteiger partial charge in [-0.05, 0) is 86.0 Å². The summed E-state index contributed by atoms with van der Waals surface area (Å²) in [6.45, 7) is 1.25. The number of hydrogen-bond acceptors (Lipinski definition) is 21. The molecule has 0 aliphatic rings. The van der Waals surface area contributed by atoms with Crippen molar-refractivity contribution < 1.29 is 57.9 Å². The van der Waals surface area contributed by atoms with Crippen LogP contribution in [-0.2, 0) is 9.47 Å². The Labute approximate surface area is 489 Å². The van der Waals surface area contributed by atoms with Crippen LogP contribution in [0.1, 0.15) is 96.0 Å². The molecule has 0 saturated heterocycles. The minimum Gasteiger partial charge on any atom is -0.478 e. The summed E-state index contributed by atoms with van der Waals surface area (Å²) >= 11 is 0. The second-order valence-corrected chi connectivity index (χ2v) is 16.6. The number of rotatable bonds is 20. The molecule has 0 saturated carbocycles. The van der Waals surface area contributed by atoms with Gasteiger partial charge in [0.1, 0.15) is 11.8 Å². The summed E-state index contributed by atoms with van der Waals surface area (Å²) in [5, 5.41) is 59.0. The molecule has 1 aromatic carbocycles. The van der Waals surface area contributed by atoms with E-state index in [0.29, 0.717) is 115 Å². The zero-order valence-corrected chi connectivity index (χ0v) is 46.0. The molecule has 0 unspecified atom stereocenters. The van der Waals surface area contributed by atoms with Gasteiger partial charge in [-0.3, -0.25) is 19.4 Å². The summed E-state index contributed by atoms with van der Waals surface area (Å²) in [4.78, 5) is 96.6. The van der Waals surface area contributed by atoms with E-state index in [-0.39, 0.29) is 28.2 Å². The molecule has 5 N–H and O–H groups in total. The predicted octanol–water partition coefficient (Wildman–Crippen LogP) is 7.38. The molecule has 0 aliphatic carbocycles. The first-order valence-corrected chi connectivity index (χ1v) is 25.3. The first kappa shape index (κ1) is 66.2. The number of methoxy groups -OCH3 is 2. The number of amides is 1. The van der Waals surface area contributed by atoms with Crippen molar-refractivity contribution in [1.29, 1.82) is 21.0 Å². The van der Waals surface area contributed by atoms with Crippen LogP contribution in [0, 0.1) is 45.3 Å². The van der Waals surface area contributed by atoms with Crippen LogP contribution < -0.4 is 30.6 Å². The molecule has 7 heterocycles. The number of hydrogen-bond donors (Lipinski definition) is 5. The van der Waals surface area contributed by atoms with E-state index in [1.54, 1.807) is 71.7 Å². The number of anilines is 1. The first-order chi connectivity index (χ1) is 41.6. The van der Waals surface area contributed by atoms with E-state index in [4.69, 9.17) is 40.2 Å². The molecule has 0 atom stereocenters.